The van der Waals surface area contributed by atoms with Crippen molar-refractivity contribution in [2.45, 2.75) is 12.2 Å². The highest BCUT2D eigenvalue weighted by Gasteiger charge is 2.33. The van der Waals surface area contributed by atoms with Gasteiger partial charge in [-0.3, -0.25) is 9.78 Å². The van der Waals surface area contributed by atoms with E-state index >= 15 is 0 Å². The van der Waals surface area contributed by atoms with Crippen LogP contribution in [0.4, 0.5) is 13.2 Å². The Labute approximate surface area is 102 Å². The number of aromatic nitrogens is 1. The minimum absolute atomic E-state index is 0.375. The highest BCUT2D eigenvalue weighted by Crippen LogP contribution is 2.30. The molecule has 1 fully saturated rings. The minimum atomic E-state index is -4.47. The van der Waals surface area contributed by atoms with E-state index in [2.05, 4.69) is 10.3 Å². The van der Waals surface area contributed by atoms with Crippen LogP contribution in [0.1, 0.15) is 17.3 Å². The molecule has 1 aromatic heterocycles. The van der Waals surface area contributed by atoms with Gasteiger partial charge in [-0.15, -0.1) is 0 Å². The second kappa shape index (κ2) is 4.93. The largest absolute Gasteiger partial charge is 0.433 e. The molecule has 1 atom stereocenters. The molecule has 0 aromatic carbocycles. The summed E-state index contributed by atoms with van der Waals surface area (Å²) < 4.78 is 37.7. The van der Waals surface area contributed by atoms with Crippen LogP contribution >= 0.6 is 0 Å². The van der Waals surface area contributed by atoms with Crippen LogP contribution in [0.3, 0.4) is 0 Å². The topological polar surface area (TPSA) is 45.2 Å². The molecule has 0 spiro atoms. The quantitative estimate of drug-likeness (QED) is 0.812. The van der Waals surface area contributed by atoms with Crippen molar-refractivity contribution in [1.82, 2.24) is 15.2 Å². The number of alkyl halides is 3. The second-order valence-corrected chi connectivity index (χ2v) is 4.04. The summed E-state index contributed by atoms with van der Waals surface area (Å²) in [7, 11) is 0. The van der Waals surface area contributed by atoms with Crippen LogP contribution in [0.15, 0.2) is 18.3 Å². The Morgan fingerprint density at radius 2 is 2.28 bits per heavy atom. The molecule has 1 amide bonds. The Bertz CT molecular complexity index is 436. The van der Waals surface area contributed by atoms with Crippen molar-refractivity contribution in [3.8, 4) is 0 Å². The number of nitrogens with zero attached hydrogens (tertiary/aromatic N) is 2. The first kappa shape index (κ1) is 12.8. The minimum Gasteiger partial charge on any atom is -0.336 e. The zero-order chi connectivity index (χ0) is 13.2. The fourth-order valence-corrected chi connectivity index (χ4v) is 1.96. The van der Waals surface area contributed by atoms with E-state index in [0.717, 1.165) is 12.3 Å². The van der Waals surface area contributed by atoms with E-state index < -0.39 is 11.9 Å². The zero-order valence-electron chi connectivity index (χ0n) is 9.44. The lowest BCUT2D eigenvalue weighted by Crippen LogP contribution is -2.45. The van der Waals surface area contributed by atoms with Gasteiger partial charge in [0.1, 0.15) is 5.69 Å². The average molecular weight is 259 g/mol. The first-order chi connectivity index (χ1) is 8.52. The van der Waals surface area contributed by atoms with Crippen LogP contribution in [-0.2, 0) is 11.0 Å². The molecule has 1 aromatic rings. The van der Waals surface area contributed by atoms with Gasteiger partial charge in [0, 0.05) is 25.8 Å². The van der Waals surface area contributed by atoms with Gasteiger partial charge in [0.15, 0.2) is 0 Å². The molecule has 1 saturated heterocycles. The van der Waals surface area contributed by atoms with E-state index in [9.17, 15) is 18.0 Å². The van der Waals surface area contributed by atoms with Gasteiger partial charge in [0.05, 0.1) is 6.04 Å². The molecule has 2 rings (SSSR count). The standard InChI is InChI=1S/C11H12F3N3O/c12-11(13,14)10-5-8(1-2-16-10)9-6-15-3-4-17(9)7-18/h1-2,5,7,9,15H,3-4,6H2. The van der Waals surface area contributed by atoms with Crippen molar-refractivity contribution < 1.29 is 18.0 Å². The Hall–Kier alpha value is -1.63. The van der Waals surface area contributed by atoms with Crippen molar-refractivity contribution in [2.75, 3.05) is 19.6 Å². The molecule has 0 radical (unpaired) electrons. The summed E-state index contributed by atoms with van der Waals surface area (Å²) in [5.41, 5.74) is -0.493. The van der Waals surface area contributed by atoms with Gasteiger partial charge < -0.3 is 10.2 Å². The second-order valence-electron chi connectivity index (χ2n) is 4.04. The number of pyridine rings is 1. The molecule has 1 N–H and O–H groups in total. The first-order valence-electron chi connectivity index (χ1n) is 5.47. The molecule has 7 heteroatoms. The lowest BCUT2D eigenvalue weighted by atomic mass is 10.0. The zero-order valence-corrected chi connectivity index (χ0v) is 9.44. The monoisotopic (exact) mass is 259 g/mol. The van der Waals surface area contributed by atoms with E-state index in [1.54, 1.807) is 0 Å². The SMILES string of the molecule is O=CN1CCNCC1c1ccnc(C(F)(F)F)c1. The Morgan fingerprint density at radius 1 is 1.50 bits per heavy atom. The molecule has 0 aliphatic carbocycles. The molecule has 4 nitrogen and oxygen atoms in total. The number of nitrogens with one attached hydrogen (secondary N) is 1. The van der Waals surface area contributed by atoms with Crippen molar-refractivity contribution in [3.63, 3.8) is 0 Å². The third-order valence-electron chi connectivity index (χ3n) is 2.88. The molecule has 1 aliphatic heterocycles. The average Bonchev–Trinajstić information content (AvgIpc) is 2.38. The molecule has 0 saturated carbocycles. The van der Waals surface area contributed by atoms with Crippen LogP contribution in [-0.4, -0.2) is 35.9 Å². The number of hydrogen-bond donors (Lipinski definition) is 1. The number of piperazine rings is 1. The number of hydrogen-bond acceptors (Lipinski definition) is 3. The van der Waals surface area contributed by atoms with Gasteiger partial charge in [-0.25, -0.2) is 0 Å². The van der Waals surface area contributed by atoms with Crippen LogP contribution in [0, 0.1) is 0 Å². The first-order valence-corrected chi connectivity index (χ1v) is 5.47. The maximum Gasteiger partial charge on any atom is 0.433 e. The Morgan fingerprint density at radius 3 is 2.94 bits per heavy atom. The van der Waals surface area contributed by atoms with Crippen LogP contribution in [0.25, 0.3) is 0 Å². The van der Waals surface area contributed by atoms with Gasteiger partial charge in [0.25, 0.3) is 0 Å². The summed E-state index contributed by atoms with van der Waals surface area (Å²) in [5, 5.41) is 3.05. The van der Waals surface area contributed by atoms with Crippen LogP contribution < -0.4 is 5.32 Å². The molecule has 18 heavy (non-hydrogen) atoms. The predicted molar refractivity (Wildman–Crippen MR) is 57.6 cm³/mol. The lowest BCUT2D eigenvalue weighted by Gasteiger charge is -2.33. The number of halogens is 3. The van der Waals surface area contributed by atoms with Crippen molar-refractivity contribution in [1.29, 1.82) is 0 Å². The van der Waals surface area contributed by atoms with Gasteiger partial charge in [-0.2, -0.15) is 13.2 Å². The van der Waals surface area contributed by atoms with Crippen LogP contribution in [0.2, 0.25) is 0 Å². The number of amides is 1. The van der Waals surface area contributed by atoms with E-state index in [1.807, 2.05) is 0 Å². The number of carbonyl (C=O) groups is 1. The van der Waals surface area contributed by atoms with Crippen molar-refractivity contribution in [2.24, 2.45) is 0 Å². The maximum absolute atomic E-state index is 12.6. The summed E-state index contributed by atoms with van der Waals surface area (Å²) in [4.78, 5) is 15.7. The predicted octanol–water partition coefficient (Wildman–Crippen LogP) is 1.20. The normalized spacial score (nSPS) is 20.8. The van der Waals surface area contributed by atoms with E-state index in [1.165, 1.54) is 11.0 Å². The molecule has 98 valence electrons. The van der Waals surface area contributed by atoms with Crippen molar-refractivity contribution in [3.05, 3.63) is 29.6 Å². The fourth-order valence-electron chi connectivity index (χ4n) is 1.96. The maximum atomic E-state index is 12.6. The molecule has 1 aliphatic rings. The summed E-state index contributed by atoms with van der Waals surface area (Å²) in [6.07, 6.45) is -2.68. The molecular formula is C11H12F3N3O. The summed E-state index contributed by atoms with van der Waals surface area (Å²) in [6.45, 7) is 1.57. The molecule has 2 heterocycles. The Kier molecular flexibility index (Phi) is 3.51. The Balaban J connectivity index is 2.29. The molecule has 0 bridgehead atoms. The highest BCUT2D eigenvalue weighted by molar-refractivity contribution is 5.49. The number of rotatable bonds is 2. The third kappa shape index (κ3) is 2.61. The van der Waals surface area contributed by atoms with Gasteiger partial charge in [0.2, 0.25) is 6.41 Å². The third-order valence-corrected chi connectivity index (χ3v) is 2.88. The van der Waals surface area contributed by atoms with Crippen molar-refractivity contribution >= 4 is 6.41 Å². The van der Waals surface area contributed by atoms with E-state index in [-0.39, 0.29) is 6.04 Å². The van der Waals surface area contributed by atoms with Gasteiger partial charge in [-0.1, -0.05) is 0 Å². The fraction of sp³-hybridized carbons (Fsp3) is 0.455. The highest BCUT2D eigenvalue weighted by atomic mass is 19.4. The number of carbonyl (C=O) groups excluding carboxylic acids is 1. The molecule has 1 unspecified atom stereocenters. The van der Waals surface area contributed by atoms with Gasteiger partial charge >= 0.3 is 6.18 Å². The van der Waals surface area contributed by atoms with E-state index in [4.69, 9.17) is 0 Å². The van der Waals surface area contributed by atoms with Crippen LogP contribution in [0.5, 0.6) is 0 Å². The summed E-state index contributed by atoms with van der Waals surface area (Å²) in [5.74, 6) is 0. The van der Waals surface area contributed by atoms with Gasteiger partial charge in [-0.05, 0) is 17.7 Å². The smallest absolute Gasteiger partial charge is 0.336 e. The summed E-state index contributed by atoms with van der Waals surface area (Å²) in [6, 6.07) is 2.12. The lowest BCUT2D eigenvalue weighted by molar-refractivity contribution is -0.141. The molecular weight excluding hydrogens is 247 g/mol. The summed E-state index contributed by atoms with van der Waals surface area (Å²) >= 11 is 0. The van der Waals surface area contributed by atoms with E-state index in [0.29, 0.717) is 31.6 Å².